The van der Waals surface area contributed by atoms with Crippen molar-refractivity contribution in [2.24, 2.45) is 5.92 Å². The highest BCUT2D eigenvalue weighted by atomic mass is 15.1. The maximum Gasteiger partial charge on any atom is 0.115 e. The van der Waals surface area contributed by atoms with Crippen LogP contribution in [0.2, 0.25) is 0 Å². The molecule has 0 saturated heterocycles. The molecule has 0 atom stereocenters. The molecule has 1 aliphatic carbocycles. The Balaban J connectivity index is 1.95. The monoisotopic (exact) mass is 275 g/mol. The van der Waals surface area contributed by atoms with Gasteiger partial charge in [0.2, 0.25) is 0 Å². The standard InChI is InChI=1S/C17H29N3/c1-17(2,3)16-11-14(18-12-19-16)10-13-6-8-15(9-7-13)20(4)5/h11-13,15H,6-10H2,1-5H3. The van der Waals surface area contributed by atoms with Crippen LogP contribution in [0.15, 0.2) is 12.4 Å². The van der Waals surface area contributed by atoms with Crippen LogP contribution in [0.4, 0.5) is 0 Å². The number of aromatic nitrogens is 2. The molecule has 3 nitrogen and oxygen atoms in total. The van der Waals surface area contributed by atoms with Gasteiger partial charge in [-0.1, -0.05) is 20.8 Å². The average Bonchev–Trinajstić information content (AvgIpc) is 2.38. The van der Waals surface area contributed by atoms with Crippen LogP contribution < -0.4 is 0 Å². The predicted octanol–water partition coefficient (Wildman–Crippen LogP) is 3.44. The summed E-state index contributed by atoms with van der Waals surface area (Å²) in [6.45, 7) is 6.63. The van der Waals surface area contributed by atoms with E-state index in [2.05, 4.69) is 55.8 Å². The summed E-state index contributed by atoms with van der Waals surface area (Å²) in [5.41, 5.74) is 2.49. The van der Waals surface area contributed by atoms with Crippen molar-refractivity contribution in [1.29, 1.82) is 0 Å². The SMILES string of the molecule is CN(C)C1CCC(Cc2cc(C(C)(C)C)ncn2)CC1. The Kier molecular flexibility index (Phi) is 4.79. The van der Waals surface area contributed by atoms with Crippen LogP contribution in [0.1, 0.15) is 57.8 Å². The fourth-order valence-electron chi connectivity index (χ4n) is 3.08. The number of rotatable bonds is 3. The molecule has 1 aliphatic rings. The fraction of sp³-hybridized carbons (Fsp3) is 0.765. The first-order chi connectivity index (χ1) is 9.36. The number of nitrogens with zero attached hydrogens (tertiary/aromatic N) is 3. The van der Waals surface area contributed by atoms with E-state index in [-0.39, 0.29) is 5.41 Å². The second-order valence-corrected chi connectivity index (χ2v) is 7.49. The summed E-state index contributed by atoms with van der Waals surface area (Å²) in [6.07, 6.45) is 8.17. The van der Waals surface area contributed by atoms with Crippen LogP contribution in [-0.4, -0.2) is 35.0 Å². The molecule has 0 bridgehead atoms. The second-order valence-electron chi connectivity index (χ2n) is 7.49. The van der Waals surface area contributed by atoms with E-state index in [0.29, 0.717) is 0 Å². The van der Waals surface area contributed by atoms with E-state index in [1.807, 2.05) is 0 Å². The van der Waals surface area contributed by atoms with Gasteiger partial charge in [-0.3, -0.25) is 0 Å². The topological polar surface area (TPSA) is 29.0 Å². The van der Waals surface area contributed by atoms with Crippen molar-refractivity contribution in [1.82, 2.24) is 14.9 Å². The smallest absolute Gasteiger partial charge is 0.115 e. The highest BCUT2D eigenvalue weighted by molar-refractivity contribution is 5.16. The van der Waals surface area contributed by atoms with Crippen molar-refractivity contribution < 1.29 is 0 Å². The lowest BCUT2D eigenvalue weighted by Crippen LogP contribution is -2.32. The van der Waals surface area contributed by atoms with Gasteiger partial charge in [0.05, 0.1) is 0 Å². The normalized spacial score (nSPS) is 24.1. The van der Waals surface area contributed by atoms with Gasteiger partial charge in [0.1, 0.15) is 6.33 Å². The summed E-state index contributed by atoms with van der Waals surface area (Å²) in [7, 11) is 4.40. The zero-order valence-electron chi connectivity index (χ0n) is 13.7. The molecule has 0 N–H and O–H groups in total. The van der Waals surface area contributed by atoms with Crippen LogP contribution in [-0.2, 0) is 11.8 Å². The van der Waals surface area contributed by atoms with Crippen LogP contribution >= 0.6 is 0 Å². The Morgan fingerprint density at radius 2 is 1.75 bits per heavy atom. The zero-order chi connectivity index (χ0) is 14.8. The highest BCUT2D eigenvalue weighted by Gasteiger charge is 2.23. The third kappa shape index (κ3) is 4.02. The van der Waals surface area contributed by atoms with E-state index in [0.717, 1.165) is 24.1 Å². The van der Waals surface area contributed by atoms with Crippen LogP contribution in [0.3, 0.4) is 0 Å². The van der Waals surface area contributed by atoms with E-state index in [9.17, 15) is 0 Å². The maximum atomic E-state index is 4.48. The fourth-order valence-corrected chi connectivity index (χ4v) is 3.08. The van der Waals surface area contributed by atoms with E-state index < -0.39 is 0 Å². The number of hydrogen-bond acceptors (Lipinski definition) is 3. The van der Waals surface area contributed by atoms with Gasteiger partial charge in [0.15, 0.2) is 0 Å². The van der Waals surface area contributed by atoms with Crippen LogP contribution in [0.5, 0.6) is 0 Å². The van der Waals surface area contributed by atoms with E-state index >= 15 is 0 Å². The lowest BCUT2D eigenvalue weighted by Gasteiger charge is -2.32. The van der Waals surface area contributed by atoms with Crippen molar-refractivity contribution in [2.75, 3.05) is 14.1 Å². The van der Waals surface area contributed by atoms with Crippen LogP contribution in [0, 0.1) is 5.92 Å². The summed E-state index contributed by atoms with van der Waals surface area (Å²) >= 11 is 0. The molecule has 0 radical (unpaired) electrons. The predicted molar refractivity (Wildman–Crippen MR) is 83.9 cm³/mol. The Labute approximate surface area is 123 Å². The molecule has 0 unspecified atom stereocenters. The van der Waals surface area contributed by atoms with Gasteiger partial charge in [-0.25, -0.2) is 9.97 Å². The molecule has 0 aromatic carbocycles. The zero-order valence-corrected chi connectivity index (χ0v) is 13.7. The lowest BCUT2D eigenvalue weighted by atomic mass is 9.82. The quantitative estimate of drug-likeness (QED) is 0.846. The van der Waals surface area contributed by atoms with E-state index in [1.54, 1.807) is 6.33 Å². The highest BCUT2D eigenvalue weighted by Crippen LogP contribution is 2.29. The average molecular weight is 275 g/mol. The molecule has 0 amide bonds. The Hall–Kier alpha value is -0.960. The molecular formula is C17H29N3. The van der Waals surface area contributed by atoms with Gasteiger partial charge >= 0.3 is 0 Å². The molecule has 1 aromatic rings. The minimum atomic E-state index is 0.111. The molecule has 2 rings (SSSR count). The molecule has 20 heavy (non-hydrogen) atoms. The summed E-state index contributed by atoms with van der Waals surface area (Å²) in [5, 5.41) is 0. The van der Waals surface area contributed by atoms with Gasteiger partial charge in [-0.15, -0.1) is 0 Å². The van der Waals surface area contributed by atoms with Crippen molar-refractivity contribution in [3.63, 3.8) is 0 Å². The molecule has 0 aliphatic heterocycles. The molecular weight excluding hydrogens is 246 g/mol. The van der Waals surface area contributed by atoms with Crippen molar-refractivity contribution >= 4 is 0 Å². The Bertz CT molecular complexity index is 426. The van der Waals surface area contributed by atoms with Gasteiger partial charge in [0.25, 0.3) is 0 Å². The third-order valence-electron chi connectivity index (χ3n) is 4.54. The van der Waals surface area contributed by atoms with Gasteiger partial charge < -0.3 is 4.90 Å². The Morgan fingerprint density at radius 3 is 2.30 bits per heavy atom. The van der Waals surface area contributed by atoms with Crippen molar-refractivity contribution in [2.45, 2.75) is 64.3 Å². The van der Waals surface area contributed by atoms with Gasteiger partial charge in [-0.05, 0) is 58.2 Å². The summed E-state index contributed by atoms with van der Waals surface area (Å²) < 4.78 is 0. The van der Waals surface area contributed by atoms with Gasteiger partial charge in [0, 0.05) is 22.8 Å². The molecule has 1 aromatic heterocycles. The van der Waals surface area contributed by atoms with E-state index in [1.165, 1.54) is 31.4 Å². The number of hydrogen-bond donors (Lipinski definition) is 0. The minimum Gasteiger partial charge on any atom is -0.306 e. The first-order valence-electron chi connectivity index (χ1n) is 7.84. The summed E-state index contributed by atoms with van der Waals surface area (Å²) in [4.78, 5) is 11.3. The Morgan fingerprint density at radius 1 is 1.10 bits per heavy atom. The van der Waals surface area contributed by atoms with Gasteiger partial charge in [-0.2, -0.15) is 0 Å². The lowest BCUT2D eigenvalue weighted by molar-refractivity contribution is 0.192. The summed E-state index contributed by atoms with van der Waals surface area (Å²) in [6, 6.07) is 2.99. The molecule has 1 fully saturated rings. The minimum absolute atomic E-state index is 0.111. The summed E-state index contributed by atoms with van der Waals surface area (Å²) in [5.74, 6) is 0.800. The largest absolute Gasteiger partial charge is 0.306 e. The maximum absolute atomic E-state index is 4.48. The molecule has 0 spiro atoms. The molecule has 3 heteroatoms. The van der Waals surface area contributed by atoms with Crippen molar-refractivity contribution in [3.05, 3.63) is 23.8 Å². The van der Waals surface area contributed by atoms with Crippen molar-refractivity contribution in [3.8, 4) is 0 Å². The third-order valence-corrected chi connectivity index (χ3v) is 4.54. The molecule has 1 saturated carbocycles. The molecule has 1 heterocycles. The van der Waals surface area contributed by atoms with E-state index in [4.69, 9.17) is 0 Å². The van der Waals surface area contributed by atoms with Crippen LogP contribution in [0.25, 0.3) is 0 Å². The first kappa shape index (κ1) is 15.4. The first-order valence-corrected chi connectivity index (χ1v) is 7.84. The second kappa shape index (κ2) is 6.21. The molecule has 112 valence electrons.